The number of nitrogens with zero attached hydrogens (tertiary/aromatic N) is 3. The molecule has 7 heteroatoms. The molecule has 2 heterocycles. The quantitative estimate of drug-likeness (QED) is 0.465. The fraction of sp³-hybridized carbons (Fsp3) is 0.583. The van der Waals surface area contributed by atoms with Gasteiger partial charge in [0.1, 0.15) is 6.20 Å². The highest BCUT2D eigenvalue weighted by molar-refractivity contribution is 7.99. The number of thioether (sulfide) groups is 1. The minimum Gasteiger partial charge on any atom is -0.379 e. The smallest absolute Gasteiger partial charge is 0.290 e. The molecule has 1 aliphatic rings. The third-order valence-electron chi connectivity index (χ3n) is 3.02. The van der Waals surface area contributed by atoms with Gasteiger partial charge in [-0.05, 0) is 13.0 Å². The molecule has 1 aromatic rings. The van der Waals surface area contributed by atoms with E-state index in [1.807, 2.05) is 0 Å². The molecule has 0 atom stereocenters. The fourth-order valence-electron chi connectivity index (χ4n) is 1.90. The van der Waals surface area contributed by atoms with Gasteiger partial charge in [0.25, 0.3) is 5.69 Å². The molecule has 1 fully saturated rings. The molecule has 0 amide bonds. The van der Waals surface area contributed by atoms with Crippen molar-refractivity contribution in [3.63, 3.8) is 0 Å². The van der Waals surface area contributed by atoms with E-state index in [0.717, 1.165) is 43.6 Å². The first-order valence-electron chi connectivity index (χ1n) is 6.21. The molecule has 0 saturated carbocycles. The molecule has 0 N–H and O–H groups in total. The number of aromatic nitrogens is 1. The standard InChI is InChI=1S/C12H17N3O3S/c1-10-8-12(13-9-11(10)15(16)17)19-7-4-14-2-5-18-6-3-14/h8-9H,2-7H2,1H3. The Balaban J connectivity index is 1.82. The predicted octanol–water partition coefficient (Wildman–Crippen LogP) is 1.72. The summed E-state index contributed by atoms with van der Waals surface area (Å²) in [6.45, 7) is 6.30. The van der Waals surface area contributed by atoms with E-state index in [9.17, 15) is 10.1 Å². The Kier molecular flexibility index (Phi) is 5.12. The normalized spacial score (nSPS) is 16.5. The summed E-state index contributed by atoms with van der Waals surface area (Å²) in [4.78, 5) is 16.8. The summed E-state index contributed by atoms with van der Waals surface area (Å²) in [5.74, 6) is 0.935. The molecule has 0 unspecified atom stereocenters. The number of aryl methyl sites for hydroxylation is 1. The zero-order valence-corrected chi connectivity index (χ0v) is 11.7. The van der Waals surface area contributed by atoms with E-state index in [0.29, 0.717) is 5.56 Å². The number of rotatable bonds is 5. The summed E-state index contributed by atoms with van der Waals surface area (Å²) in [6, 6.07) is 1.78. The van der Waals surface area contributed by atoms with Crippen molar-refractivity contribution in [1.82, 2.24) is 9.88 Å². The maximum atomic E-state index is 10.7. The van der Waals surface area contributed by atoms with Crippen LogP contribution in [0.15, 0.2) is 17.3 Å². The first kappa shape index (κ1) is 14.2. The number of pyridine rings is 1. The van der Waals surface area contributed by atoms with E-state index >= 15 is 0 Å². The van der Waals surface area contributed by atoms with Crippen LogP contribution >= 0.6 is 11.8 Å². The van der Waals surface area contributed by atoms with Crippen molar-refractivity contribution < 1.29 is 9.66 Å². The van der Waals surface area contributed by atoms with E-state index < -0.39 is 4.92 Å². The lowest BCUT2D eigenvalue weighted by molar-refractivity contribution is -0.385. The molecule has 0 aliphatic carbocycles. The zero-order valence-electron chi connectivity index (χ0n) is 10.9. The summed E-state index contributed by atoms with van der Waals surface area (Å²) in [5, 5.41) is 11.5. The van der Waals surface area contributed by atoms with Crippen LogP contribution in [0.2, 0.25) is 0 Å². The molecule has 19 heavy (non-hydrogen) atoms. The van der Waals surface area contributed by atoms with Gasteiger partial charge in [0.2, 0.25) is 0 Å². The lowest BCUT2D eigenvalue weighted by Gasteiger charge is -2.26. The summed E-state index contributed by atoms with van der Waals surface area (Å²) >= 11 is 1.63. The molecular weight excluding hydrogens is 266 g/mol. The van der Waals surface area contributed by atoms with Gasteiger partial charge in [-0.2, -0.15) is 0 Å². The molecule has 0 spiro atoms. The van der Waals surface area contributed by atoms with Crippen molar-refractivity contribution in [2.45, 2.75) is 11.9 Å². The van der Waals surface area contributed by atoms with Crippen molar-refractivity contribution in [3.8, 4) is 0 Å². The molecule has 2 rings (SSSR count). The van der Waals surface area contributed by atoms with E-state index in [1.54, 1.807) is 24.8 Å². The van der Waals surface area contributed by atoms with Crippen LogP contribution in [0, 0.1) is 17.0 Å². The van der Waals surface area contributed by atoms with Gasteiger partial charge in [-0.3, -0.25) is 15.0 Å². The van der Waals surface area contributed by atoms with Gasteiger partial charge in [-0.1, -0.05) is 0 Å². The maximum Gasteiger partial charge on any atom is 0.290 e. The van der Waals surface area contributed by atoms with Crippen LogP contribution in [0.4, 0.5) is 5.69 Å². The molecule has 1 saturated heterocycles. The van der Waals surface area contributed by atoms with Crippen LogP contribution in [-0.2, 0) is 4.74 Å². The summed E-state index contributed by atoms with van der Waals surface area (Å²) in [5.41, 5.74) is 0.742. The molecule has 1 aromatic heterocycles. The summed E-state index contributed by atoms with van der Waals surface area (Å²) in [6.07, 6.45) is 1.34. The van der Waals surface area contributed by atoms with Gasteiger partial charge in [0.05, 0.1) is 23.2 Å². The van der Waals surface area contributed by atoms with Crippen molar-refractivity contribution >= 4 is 17.4 Å². The van der Waals surface area contributed by atoms with Gasteiger partial charge in [-0.25, -0.2) is 4.98 Å². The lowest BCUT2D eigenvalue weighted by Crippen LogP contribution is -2.37. The Morgan fingerprint density at radius 3 is 2.89 bits per heavy atom. The van der Waals surface area contributed by atoms with Gasteiger partial charge < -0.3 is 4.74 Å². The first-order valence-corrected chi connectivity index (χ1v) is 7.19. The van der Waals surface area contributed by atoms with Crippen molar-refractivity contribution in [1.29, 1.82) is 0 Å². The number of ether oxygens (including phenoxy) is 1. The maximum absolute atomic E-state index is 10.7. The minimum absolute atomic E-state index is 0.0810. The second kappa shape index (κ2) is 6.83. The Bertz CT molecular complexity index is 450. The number of nitro groups is 1. The van der Waals surface area contributed by atoms with Crippen LogP contribution in [0.3, 0.4) is 0 Å². The predicted molar refractivity (Wildman–Crippen MR) is 73.6 cm³/mol. The van der Waals surface area contributed by atoms with Crippen LogP contribution in [0.25, 0.3) is 0 Å². The first-order chi connectivity index (χ1) is 9.16. The average molecular weight is 283 g/mol. The Labute approximate surface area is 116 Å². The molecular formula is C12H17N3O3S. The highest BCUT2D eigenvalue weighted by Crippen LogP contribution is 2.22. The summed E-state index contributed by atoms with van der Waals surface area (Å²) < 4.78 is 5.29. The largest absolute Gasteiger partial charge is 0.379 e. The number of hydrogen-bond donors (Lipinski definition) is 0. The zero-order chi connectivity index (χ0) is 13.7. The Morgan fingerprint density at radius 1 is 1.53 bits per heavy atom. The van der Waals surface area contributed by atoms with Crippen LogP contribution in [-0.4, -0.2) is 53.4 Å². The fourth-order valence-corrected chi connectivity index (χ4v) is 2.84. The highest BCUT2D eigenvalue weighted by Gasteiger charge is 2.13. The van der Waals surface area contributed by atoms with Crippen LogP contribution < -0.4 is 0 Å². The minimum atomic E-state index is -0.398. The molecule has 0 aromatic carbocycles. The average Bonchev–Trinajstić information content (AvgIpc) is 2.39. The topological polar surface area (TPSA) is 68.5 Å². The van der Waals surface area contributed by atoms with E-state index in [1.165, 1.54) is 6.20 Å². The lowest BCUT2D eigenvalue weighted by atomic mass is 10.3. The SMILES string of the molecule is Cc1cc(SCCN2CCOCC2)ncc1[N+](=O)[O-]. The molecule has 6 nitrogen and oxygen atoms in total. The van der Waals surface area contributed by atoms with Crippen molar-refractivity contribution in [2.75, 3.05) is 38.6 Å². The molecule has 104 valence electrons. The van der Waals surface area contributed by atoms with E-state index in [2.05, 4.69) is 9.88 Å². The van der Waals surface area contributed by atoms with Gasteiger partial charge in [0.15, 0.2) is 0 Å². The van der Waals surface area contributed by atoms with E-state index in [4.69, 9.17) is 4.74 Å². The molecule has 1 aliphatic heterocycles. The number of morpholine rings is 1. The molecule has 0 radical (unpaired) electrons. The Morgan fingerprint density at radius 2 is 2.26 bits per heavy atom. The third kappa shape index (κ3) is 4.15. The van der Waals surface area contributed by atoms with Crippen molar-refractivity contribution in [2.24, 2.45) is 0 Å². The van der Waals surface area contributed by atoms with Crippen LogP contribution in [0.5, 0.6) is 0 Å². The third-order valence-corrected chi connectivity index (χ3v) is 3.92. The van der Waals surface area contributed by atoms with Gasteiger partial charge in [0, 0.05) is 31.0 Å². The van der Waals surface area contributed by atoms with Crippen molar-refractivity contribution in [3.05, 3.63) is 27.9 Å². The summed E-state index contributed by atoms with van der Waals surface area (Å²) in [7, 11) is 0. The molecule has 0 bridgehead atoms. The second-order valence-electron chi connectivity index (χ2n) is 4.37. The van der Waals surface area contributed by atoms with E-state index in [-0.39, 0.29) is 5.69 Å². The Hall–Kier alpha value is -1.18. The van der Waals surface area contributed by atoms with Gasteiger partial charge >= 0.3 is 0 Å². The highest BCUT2D eigenvalue weighted by atomic mass is 32.2. The second-order valence-corrected chi connectivity index (χ2v) is 5.48. The number of hydrogen-bond acceptors (Lipinski definition) is 6. The monoisotopic (exact) mass is 283 g/mol. The van der Waals surface area contributed by atoms with Gasteiger partial charge in [-0.15, -0.1) is 11.8 Å². The van der Waals surface area contributed by atoms with Crippen LogP contribution in [0.1, 0.15) is 5.56 Å².